The van der Waals surface area contributed by atoms with Gasteiger partial charge in [0, 0.05) is 66.8 Å². The van der Waals surface area contributed by atoms with Crippen molar-refractivity contribution < 1.29 is 4.68 Å². The molecule has 0 saturated carbocycles. The number of anilines is 4. The summed E-state index contributed by atoms with van der Waals surface area (Å²) in [6.45, 7) is 0. The van der Waals surface area contributed by atoms with E-state index >= 15 is 0 Å². The maximum atomic E-state index is 5.12. The number of nitrogens with one attached hydrogen (secondary N) is 1. The van der Waals surface area contributed by atoms with Crippen LogP contribution in [-0.4, -0.2) is 63.1 Å². The summed E-state index contributed by atoms with van der Waals surface area (Å²) in [4.78, 5) is 26.1. The smallest absolute Gasteiger partial charge is 0.361 e. The summed E-state index contributed by atoms with van der Waals surface area (Å²) in [6, 6.07) is 26.7. The predicted molar refractivity (Wildman–Crippen MR) is 201 cm³/mol. The number of nitrogens with zero attached hydrogens (tertiary/aromatic N) is 12. The van der Waals surface area contributed by atoms with Crippen LogP contribution in [0.4, 0.5) is 23.0 Å². The van der Waals surface area contributed by atoms with Gasteiger partial charge in [-0.15, -0.1) is 10.2 Å². The molecule has 13 nitrogen and oxygen atoms in total. The highest BCUT2D eigenvalue weighted by molar-refractivity contribution is 5.93. The number of aromatic nitrogens is 11. The van der Waals surface area contributed by atoms with Crippen LogP contribution in [0.3, 0.4) is 0 Å². The van der Waals surface area contributed by atoms with Crippen molar-refractivity contribution in [3.8, 4) is 28.1 Å². The first-order valence-electron chi connectivity index (χ1n) is 16.8. The molecule has 0 amide bonds. The molecule has 1 aliphatic carbocycles. The first-order valence-corrected chi connectivity index (χ1v) is 16.8. The Morgan fingerprint density at radius 3 is 2.51 bits per heavy atom. The lowest BCUT2D eigenvalue weighted by molar-refractivity contribution is -0.655. The number of rotatable bonds is 7. The molecule has 0 radical (unpaired) electrons. The Kier molecular flexibility index (Phi) is 6.80. The molecule has 1 aliphatic rings. The molecule has 13 heteroatoms. The third kappa shape index (κ3) is 5.04. The van der Waals surface area contributed by atoms with Crippen LogP contribution in [0.25, 0.3) is 62.3 Å². The molecule has 0 atom stereocenters. The number of benzene rings is 3. The van der Waals surface area contributed by atoms with Crippen LogP contribution in [0.15, 0.2) is 128 Å². The van der Waals surface area contributed by atoms with Crippen molar-refractivity contribution in [3.63, 3.8) is 0 Å². The van der Waals surface area contributed by atoms with E-state index in [0.29, 0.717) is 11.6 Å². The molecule has 53 heavy (non-hydrogen) atoms. The van der Waals surface area contributed by atoms with E-state index in [-0.39, 0.29) is 0 Å². The molecule has 0 bridgehead atoms. The van der Waals surface area contributed by atoms with Crippen LogP contribution >= 0.6 is 0 Å². The Labute approximate surface area is 301 Å². The van der Waals surface area contributed by atoms with Gasteiger partial charge in [0.25, 0.3) is 12.1 Å². The highest BCUT2D eigenvalue weighted by atomic mass is 15.4. The van der Waals surface area contributed by atoms with Crippen molar-refractivity contribution >= 4 is 57.3 Å². The third-order valence-electron chi connectivity index (χ3n) is 9.47. The van der Waals surface area contributed by atoms with Gasteiger partial charge < -0.3 is 14.8 Å². The van der Waals surface area contributed by atoms with Crippen molar-refractivity contribution in [3.05, 3.63) is 139 Å². The number of fused-ring (bicyclic) bond motifs is 6. The molecule has 1 N–H and O–H groups in total. The Bertz CT molecular complexity index is 3080. The minimum absolute atomic E-state index is 0.504. The van der Waals surface area contributed by atoms with Gasteiger partial charge in [-0.05, 0) is 82.6 Å². The lowest BCUT2D eigenvalue weighted by Crippen LogP contribution is -2.37. The maximum absolute atomic E-state index is 5.12. The minimum Gasteiger partial charge on any atom is -0.361 e. The van der Waals surface area contributed by atoms with Gasteiger partial charge in [0.1, 0.15) is 18.5 Å². The molecule has 0 unspecified atom stereocenters. The summed E-state index contributed by atoms with van der Waals surface area (Å²) in [5.74, 6) is 2.50. The molecule has 3 aromatic carbocycles. The largest absolute Gasteiger partial charge is 0.366 e. The Hall–Kier alpha value is -7.72. The second-order valence-electron chi connectivity index (χ2n) is 12.6. The lowest BCUT2D eigenvalue weighted by Gasteiger charge is -2.21. The van der Waals surface area contributed by atoms with Crippen molar-refractivity contribution in [1.29, 1.82) is 0 Å². The zero-order valence-corrected chi connectivity index (χ0v) is 28.5. The van der Waals surface area contributed by atoms with Gasteiger partial charge in [-0.1, -0.05) is 34.7 Å². The zero-order valence-electron chi connectivity index (χ0n) is 28.5. The van der Waals surface area contributed by atoms with Crippen molar-refractivity contribution in [2.45, 2.75) is 0 Å². The molecule has 0 aliphatic heterocycles. The lowest BCUT2D eigenvalue weighted by atomic mass is 10.1. The van der Waals surface area contributed by atoms with Crippen LogP contribution in [0.2, 0.25) is 0 Å². The summed E-state index contributed by atoms with van der Waals surface area (Å²) in [5, 5.41) is 16.1. The topological polar surface area (TPSA) is 125 Å². The van der Waals surface area contributed by atoms with E-state index in [1.807, 2.05) is 82.6 Å². The zero-order chi connectivity index (χ0) is 35.5. The van der Waals surface area contributed by atoms with E-state index in [1.165, 1.54) is 6.33 Å². The molecule has 9 aromatic rings. The monoisotopic (exact) mass is 690 g/mol. The number of para-hydroxylation sites is 1. The minimum atomic E-state index is 0.504. The average molecular weight is 691 g/mol. The maximum Gasteiger partial charge on any atom is 0.366 e. The Morgan fingerprint density at radius 1 is 0.774 bits per heavy atom. The van der Waals surface area contributed by atoms with Crippen molar-refractivity contribution in [1.82, 2.24) is 49.0 Å². The molecule has 10 rings (SSSR count). The first-order chi connectivity index (χ1) is 26.1. The number of H-pyrrole nitrogens is 1. The van der Waals surface area contributed by atoms with Gasteiger partial charge in [0.15, 0.2) is 16.9 Å². The summed E-state index contributed by atoms with van der Waals surface area (Å²) in [5.41, 5.74) is 14.0. The molecule has 6 aromatic heterocycles. The van der Waals surface area contributed by atoms with E-state index < -0.39 is 0 Å². The normalized spacial score (nSPS) is 11.9. The summed E-state index contributed by atoms with van der Waals surface area (Å²) in [6.07, 6.45) is 14.5. The van der Waals surface area contributed by atoms with Crippen LogP contribution in [0, 0.1) is 0 Å². The molecule has 0 spiro atoms. The molecule has 6 heterocycles. The molecule has 252 valence electrons. The fraction of sp³-hybridized carbons (Fsp3) is 0.0500. The van der Waals surface area contributed by atoms with E-state index in [9.17, 15) is 0 Å². The van der Waals surface area contributed by atoms with E-state index in [4.69, 9.17) is 15.1 Å². The molecule has 0 saturated heterocycles. The Balaban J connectivity index is 1.13. The van der Waals surface area contributed by atoms with Gasteiger partial charge in [-0.2, -0.15) is 14.4 Å². The van der Waals surface area contributed by atoms with Crippen LogP contribution < -0.4 is 25.0 Å². The van der Waals surface area contributed by atoms with Crippen LogP contribution in [0.5, 0.6) is 0 Å². The number of hydrogen-bond acceptors (Lipinski definition) is 9. The summed E-state index contributed by atoms with van der Waals surface area (Å²) >= 11 is 0. The Morgan fingerprint density at radius 2 is 1.62 bits per heavy atom. The number of aromatic amines is 1. The van der Waals surface area contributed by atoms with E-state index in [2.05, 4.69) is 94.9 Å². The molecular formula is C40H28N13+. The fourth-order valence-electron chi connectivity index (χ4n) is 6.78. The average Bonchev–Trinajstić information content (AvgIpc) is 4.02. The van der Waals surface area contributed by atoms with Gasteiger partial charge in [0.05, 0.1) is 10.7 Å². The number of hydrogen-bond donors (Lipinski definition) is 1. The molecule has 0 fully saturated rings. The first kappa shape index (κ1) is 30.1. The second-order valence-corrected chi connectivity index (χ2v) is 12.6. The van der Waals surface area contributed by atoms with E-state index in [1.54, 1.807) is 18.7 Å². The van der Waals surface area contributed by atoms with Gasteiger partial charge >= 0.3 is 5.78 Å². The number of allylic oxidation sites excluding steroid dienone is 1. The fourth-order valence-corrected chi connectivity index (χ4v) is 6.78. The van der Waals surface area contributed by atoms with Gasteiger partial charge in [0.2, 0.25) is 0 Å². The molecular weight excluding hydrogens is 663 g/mol. The predicted octanol–water partition coefficient (Wildman–Crippen LogP) is 4.47. The highest BCUT2D eigenvalue weighted by Crippen LogP contribution is 2.33. The third-order valence-corrected chi connectivity index (χ3v) is 9.47. The van der Waals surface area contributed by atoms with Crippen LogP contribution in [-0.2, 0) is 0 Å². The van der Waals surface area contributed by atoms with Crippen molar-refractivity contribution in [2.24, 2.45) is 0 Å². The summed E-state index contributed by atoms with van der Waals surface area (Å²) in [7, 11) is 4.01. The SMILES string of the molecule is CN(c1cccc(-c2ccc[nH]2)c1)c1nc2n[n+](-c3cc(-c4cncnc4)cc(N(C)c4nc5nncn5c5ccccc45)c3)cn2c2c1=CC=C=C=2. The van der Waals surface area contributed by atoms with Gasteiger partial charge in [-0.25, -0.2) is 9.97 Å². The summed E-state index contributed by atoms with van der Waals surface area (Å²) < 4.78 is 5.66. The second kappa shape index (κ2) is 12.0. The standard InChI is InChI=1S/C40H28N13/c1-49(29-10-7-9-26(17-29)34-13-8-16-43-34)38-33-12-4-6-15-36(33)52-25-53(48-40(52)46-38)31-19-27(28-21-41-23-42-22-28)18-30(20-31)50(2)37-32-11-3-5-14-35(32)51-24-44-47-39(51)45-37/h3-5,7-14,16-25,43H,1-2H3/q+1. The van der Waals surface area contributed by atoms with Gasteiger partial charge in [-0.3, -0.25) is 4.40 Å². The van der Waals surface area contributed by atoms with E-state index in [0.717, 1.165) is 72.6 Å². The highest BCUT2D eigenvalue weighted by Gasteiger charge is 2.23. The van der Waals surface area contributed by atoms with Crippen molar-refractivity contribution in [2.75, 3.05) is 23.9 Å². The quantitative estimate of drug-likeness (QED) is 0.191. The van der Waals surface area contributed by atoms with Crippen LogP contribution in [0.1, 0.15) is 0 Å².